The van der Waals surface area contributed by atoms with Crippen molar-refractivity contribution in [1.82, 2.24) is 0 Å². The molecule has 4 atom stereocenters. The van der Waals surface area contributed by atoms with Crippen molar-refractivity contribution in [1.29, 1.82) is 0 Å². The SMILES string of the molecule is O=C1OC2(CC3OC2CC3OC(=O)C(F)(F)S(=O)(=O)[O-])Oc2c(I)ccc(I)c21. The molecule has 1 spiro atoms. The molecule has 14 heteroatoms. The number of ether oxygens (including phenoxy) is 4. The van der Waals surface area contributed by atoms with E-state index in [-0.39, 0.29) is 18.4 Å². The number of halogens is 4. The Balaban J connectivity index is 1.53. The number of fused-ring (bicyclic) bond motifs is 4. The first-order valence-corrected chi connectivity index (χ1v) is 11.5. The Morgan fingerprint density at radius 1 is 1.28 bits per heavy atom. The molecule has 1 aromatic carbocycles. The second-order valence-electron chi connectivity index (χ2n) is 6.55. The predicted molar refractivity (Wildman–Crippen MR) is 103 cm³/mol. The average Bonchev–Trinajstić information content (AvgIpc) is 3.14. The van der Waals surface area contributed by atoms with Gasteiger partial charge in [0.25, 0.3) is 5.79 Å². The lowest BCUT2D eigenvalue weighted by Gasteiger charge is -2.40. The van der Waals surface area contributed by atoms with Crippen LogP contribution in [-0.4, -0.2) is 54.3 Å². The van der Waals surface area contributed by atoms with E-state index in [0.717, 1.165) is 0 Å². The number of carbonyl (C=O) groups excluding carboxylic acids is 2. The van der Waals surface area contributed by atoms with Crippen LogP contribution in [0, 0.1) is 7.14 Å². The molecule has 29 heavy (non-hydrogen) atoms. The maximum Gasteiger partial charge on any atom is 0.428 e. The Hall–Kier alpha value is -0.850. The zero-order valence-electron chi connectivity index (χ0n) is 13.9. The fourth-order valence-corrected chi connectivity index (χ4v) is 4.92. The normalized spacial score (nSPS) is 30.7. The van der Waals surface area contributed by atoms with Crippen molar-refractivity contribution in [3.8, 4) is 5.75 Å². The third kappa shape index (κ3) is 3.30. The van der Waals surface area contributed by atoms with Gasteiger partial charge in [0, 0.05) is 9.99 Å². The summed E-state index contributed by atoms with van der Waals surface area (Å²) in [7, 11) is -6.23. The molecule has 1 aromatic rings. The van der Waals surface area contributed by atoms with Crippen LogP contribution in [0.15, 0.2) is 12.1 Å². The second kappa shape index (κ2) is 6.83. The minimum atomic E-state index is -6.23. The maximum absolute atomic E-state index is 13.4. The Morgan fingerprint density at radius 3 is 2.52 bits per heavy atom. The van der Waals surface area contributed by atoms with Crippen LogP contribution < -0.4 is 4.74 Å². The molecular formula is C15H9F2I2O9S-. The summed E-state index contributed by atoms with van der Waals surface area (Å²) < 4.78 is 81.2. The summed E-state index contributed by atoms with van der Waals surface area (Å²) in [5.74, 6) is -4.32. The van der Waals surface area contributed by atoms with Gasteiger partial charge in [0.05, 0.1) is 9.99 Å². The minimum absolute atomic E-state index is 0.127. The fraction of sp³-hybridized carbons (Fsp3) is 0.467. The summed E-state index contributed by atoms with van der Waals surface area (Å²) in [6.45, 7) is 0. The maximum atomic E-state index is 13.4. The summed E-state index contributed by atoms with van der Waals surface area (Å²) >= 11 is 3.95. The molecule has 3 aliphatic rings. The van der Waals surface area contributed by atoms with Crippen LogP contribution in [0.25, 0.3) is 0 Å². The van der Waals surface area contributed by atoms with Gasteiger partial charge in [0.1, 0.15) is 23.9 Å². The van der Waals surface area contributed by atoms with Crippen LogP contribution in [0.2, 0.25) is 0 Å². The van der Waals surface area contributed by atoms with Crippen molar-refractivity contribution in [3.63, 3.8) is 0 Å². The summed E-state index contributed by atoms with van der Waals surface area (Å²) in [5.41, 5.74) is 0.258. The van der Waals surface area contributed by atoms with Crippen LogP contribution in [0.3, 0.4) is 0 Å². The van der Waals surface area contributed by atoms with Crippen molar-refractivity contribution >= 4 is 67.2 Å². The molecule has 3 heterocycles. The molecule has 0 radical (unpaired) electrons. The van der Waals surface area contributed by atoms with E-state index in [1.54, 1.807) is 12.1 Å². The molecule has 2 saturated heterocycles. The predicted octanol–water partition coefficient (Wildman–Crippen LogP) is 1.75. The number of rotatable bonds is 3. The highest BCUT2D eigenvalue weighted by Crippen LogP contribution is 2.50. The van der Waals surface area contributed by atoms with Gasteiger partial charge in [-0.3, -0.25) is 0 Å². The molecule has 2 bridgehead atoms. The Labute approximate surface area is 189 Å². The topological polar surface area (TPSA) is 128 Å². The highest BCUT2D eigenvalue weighted by atomic mass is 127. The first-order chi connectivity index (χ1) is 13.4. The number of alkyl halides is 2. The molecule has 2 fully saturated rings. The lowest BCUT2D eigenvalue weighted by atomic mass is 9.90. The fourth-order valence-electron chi connectivity index (χ4n) is 3.46. The van der Waals surface area contributed by atoms with E-state index in [0.29, 0.717) is 12.9 Å². The van der Waals surface area contributed by atoms with Crippen LogP contribution in [0.1, 0.15) is 23.2 Å². The Bertz CT molecular complexity index is 1030. The van der Waals surface area contributed by atoms with Gasteiger partial charge in [-0.1, -0.05) is 0 Å². The van der Waals surface area contributed by atoms with E-state index < -0.39 is 51.4 Å². The van der Waals surface area contributed by atoms with E-state index in [9.17, 15) is 31.3 Å². The third-order valence-corrected chi connectivity index (χ3v) is 7.33. The van der Waals surface area contributed by atoms with Crippen LogP contribution in [-0.2, 0) is 29.1 Å². The largest absolute Gasteiger partial charge is 0.743 e. The highest BCUT2D eigenvalue weighted by Gasteiger charge is 2.65. The molecule has 3 aliphatic heterocycles. The standard InChI is InChI=1S/C15H10F2I2O9S/c16-15(17,29(22,23)24)13(21)26-7-3-9-14(4-8(7)25-9)27-11-6(19)2-1-5(18)10(11)12(20)28-14/h1-2,7-9H,3-4H2,(H,22,23,24)/p-1. The van der Waals surface area contributed by atoms with Crippen LogP contribution >= 0.6 is 45.2 Å². The van der Waals surface area contributed by atoms with E-state index in [4.69, 9.17) is 14.2 Å². The van der Waals surface area contributed by atoms with Crippen molar-refractivity contribution in [2.45, 2.75) is 42.2 Å². The first kappa shape index (κ1) is 21.4. The molecule has 0 N–H and O–H groups in total. The van der Waals surface area contributed by atoms with Crippen LogP contribution in [0.5, 0.6) is 5.75 Å². The molecule has 4 rings (SSSR count). The van der Waals surface area contributed by atoms with Crippen molar-refractivity contribution < 1.29 is 50.3 Å². The van der Waals surface area contributed by atoms with Gasteiger partial charge >= 0.3 is 17.2 Å². The summed E-state index contributed by atoms with van der Waals surface area (Å²) in [5, 5.41) is -5.22. The van der Waals surface area contributed by atoms with Crippen molar-refractivity contribution in [3.05, 3.63) is 24.8 Å². The number of carbonyl (C=O) groups is 2. The van der Waals surface area contributed by atoms with Crippen LogP contribution in [0.4, 0.5) is 8.78 Å². The Morgan fingerprint density at radius 2 is 1.93 bits per heavy atom. The van der Waals surface area contributed by atoms with E-state index in [1.165, 1.54) is 0 Å². The molecule has 0 aliphatic carbocycles. The molecule has 0 amide bonds. The number of benzene rings is 1. The molecule has 9 nitrogen and oxygen atoms in total. The lowest BCUT2D eigenvalue weighted by molar-refractivity contribution is -0.192. The van der Waals surface area contributed by atoms with Gasteiger partial charge < -0.3 is 23.5 Å². The van der Waals surface area contributed by atoms with Gasteiger partial charge in [-0.05, 0) is 57.3 Å². The van der Waals surface area contributed by atoms with Crippen molar-refractivity contribution in [2.24, 2.45) is 0 Å². The van der Waals surface area contributed by atoms with Gasteiger partial charge in [-0.25, -0.2) is 18.0 Å². The highest BCUT2D eigenvalue weighted by molar-refractivity contribution is 14.1. The van der Waals surface area contributed by atoms with Gasteiger partial charge in [0.15, 0.2) is 15.9 Å². The van der Waals surface area contributed by atoms with E-state index in [1.807, 2.05) is 45.2 Å². The molecule has 0 aromatic heterocycles. The van der Waals surface area contributed by atoms with E-state index >= 15 is 0 Å². The minimum Gasteiger partial charge on any atom is -0.743 e. The van der Waals surface area contributed by atoms with E-state index in [2.05, 4.69) is 4.74 Å². The molecule has 0 saturated carbocycles. The summed E-state index contributed by atoms with van der Waals surface area (Å²) in [4.78, 5) is 24.0. The molecule has 158 valence electrons. The quantitative estimate of drug-likeness (QED) is 0.272. The van der Waals surface area contributed by atoms with Gasteiger partial charge in [-0.15, -0.1) is 0 Å². The number of hydrogen-bond donors (Lipinski definition) is 0. The average molecular weight is 657 g/mol. The number of hydrogen-bond acceptors (Lipinski definition) is 9. The summed E-state index contributed by atoms with van der Waals surface area (Å²) in [6.07, 6.45) is -3.48. The summed E-state index contributed by atoms with van der Waals surface area (Å²) in [6, 6.07) is 3.47. The Kier molecular flexibility index (Phi) is 5.03. The zero-order valence-corrected chi connectivity index (χ0v) is 19.0. The van der Waals surface area contributed by atoms with Gasteiger partial charge in [0.2, 0.25) is 0 Å². The number of esters is 2. The third-order valence-electron chi connectivity index (χ3n) is 4.79. The van der Waals surface area contributed by atoms with Gasteiger partial charge in [-0.2, -0.15) is 8.78 Å². The monoisotopic (exact) mass is 657 g/mol. The molecular weight excluding hydrogens is 648 g/mol. The zero-order chi connectivity index (χ0) is 21.4. The smallest absolute Gasteiger partial charge is 0.428 e. The second-order valence-corrected chi connectivity index (χ2v) is 10.3. The molecule has 4 unspecified atom stereocenters. The first-order valence-electron chi connectivity index (χ1n) is 7.96. The van der Waals surface area contributed by atoms with Crippen molar-refractivity contribution in [2.75, 3.05) is 0 Å². The lowest BCUT2D eigenvalue weighted by Crippen LogP contribution is -2.54.